The summed E-state index contributed by atoms with van der Waals surface area (Å²) in [6, 6.07) is 25.8. The third-order valence-electron chi connectivity index (χ3n) is 9.12. The highest BCUT2D eigenvalue weighted by molar-refractivity contribution is 5.83. The largest absolute Gasteiger partial charge is 0.508 e. The highest BCUT2D eigenvalue weighted by Crippen LogP contribution is 2.36. The van der Waals surface area contributed by atoms with Gasteiger partial charge in [0.25, 0.3) is 0 Å². The molecule has 0 aliphatic heterocycles. The highest BCUT2D eigenvalue weighted by Gasteiger charge is 2.31. The Morgan fingerprint density at radius 3 is 1.34 bits per heavy atom. The van der Waals surface area contributed by atoms with Gasteiger partial charge in [0, 0.05) is 11.1 Å². The van der Waals surface area contributed by atoms with Gasteiger partial charge in [-0.25, -0.2) is 8.78 Å². The minimum Gasteiger partial charge on any atom is -0.508 e. The molecule has 0 bridgehead atoms. The summed E-state index contributed by atoms with van der Waals surface area (Å²) in [5.74, 6) is -1.02. The molecule has 0 amide bonds. The minimum absolute atomic E-state index is 0.0365. The van der Waals surface area contributed by atoms with Crippen molar-refractivity contribution in [1.82, 2.24) is 0 Å². The van der Waals surface area contributed by atoms with E-state index < -0.39 is 59.7 Å². The number of halogens is 8. The van der Waals surface area contributed by atoms with Crippen LogP contribution in [0.25, 0.3) is 22.3 Å². The maximum Gasteiger partial charge on any atom is 0.416 e. The van der Waals surface area contributed by atoms with Gasteiger partial charge in [0.1, 0.15) is 40.7 Å². The second-order valence-corrected chi connectivity index (χ2v) is 13.4. The molecule has 3 N–H and O–H groups in total. The standard InChI is InChI=1S/C23H18F4O3.C22H18F4O3/c1-13-11-18(8-10-21(13)29)30-22(14(2)28)19-12-16(5-9-20(19)24)15-3-6-17(7-4-15)23(25,26)27;1-13-10-17(7-9-20(13)28)29-21(12-27)18-11-15(4-8-19(18)23)14-2-5-16(6-3-14)22(24,25)26/h3-12,22,29H,1-2H3;2-11,21,27-28H,12H2,1H3. The zero-order valence-corrected chi connectivity index (χ0v) is 31.5. The molecule has 6 aromatic carbocycles. The van der Waals surface area contributed by atoms with Gasteiger partial charge >= 0.3 is 12.4 Å². The number of phenols is 2. The van der Waals surface area contributed by atoms with Gasteiger partial charge in [0.2, 0.25) is 0 Å². The van der Waals surface area contributed by atoms with E-state index in [-0.39, 0.29) is 28.4 Å². The zero-order chi connectivity index (χ0) is 43.2. The third-order valence-corrected chi connectivity index (χ3v) is 9.12. The molecule has 2 atom stereocenters. The molecule has 0 spiro atoms. The van der Waals surface area contributed by atoms with E-state index in [0.29, 0.717) is 39.1 Å². The Morgan fingerprint density at radius 2 is 0.949 bits per heavy atom. The molecular weight excluding hydrogens is 788 g/mol. The predicted octanol–water partition coefficient (Wildman–Crippen LogP) is 11.9. The molecule has 0 heterocycles. The Morgan fingerprint density at radius 1 is 0.559 bits per heavy atom. The molecule has 0 saturated heterocycles. The average molecular weight is 825 g/mol. The summed E-state index contributed by atoms with van der Waals surface area (Å²) in [6.45, 7) is 4.05. The van der Waals surface area contributed by atoms with E-state index >= 15 is 0 Å². The van der Waals surface area contributed by atoms with E-state index in [1.807, 2.05) is 0 Å². The number of alkyl halides is 6. The summed E-state index contributed by atoms with van der Waals surface area (Å²) in [5.41, 5.74) is 1.37. The summed E-state index contributed by atoms with van der Waals surface area (Å²) < 4.78 is 117. The number of ether oxygens (including phenoxy) is 2. The van der Waals surface area contributed by atoms with Crippen molar-refractivity contribution in [3.8, 4) is 45.3 Å². The van der Waals surface area contributed by atoms with Gasteiger partial charge in [-0.1, -0.05) is 36.4 Å². The van der Waals surface area contributed by atoms with Crippen molar-refractivity contribution in [3.05, 3.63) is 166 Å². The third kappa shape index (κ3) is 11.0. The molecule has 0 aliphatic carbocycles. The number of aliphatic hydroxyl groups is 1. The molecule has 2 unspecified atom stereocenters. The van der Waals surface area contributed by atoms with E-state index in [2.05, 4.69) is 0 Å². The minimum atomic E-state index is -4.46. The van der Waals surface area contributed by atoms with Crippen LogP contribution in [0.2, 0.25) is 0 Å². The number of benzene rings is 6. The van der Waals surface area contributed by atoms with Crippen LogP contribution in [0, 0.1) is 25.5 Å². The lowest BCUT2D eigenvalue weighted by Crippen LogP contribution is -2.17. The van der Waals surface area contributed by atoms with Crippen molar-refractivity contribution in [1.29, 1.82) is 0 Å². The maximum atomic E-state index is 14.5. The number of carbonyl (C=O) groups excluding carboxylic acids is 1. The fraction of sp³-hybridized carbons (Fsp3) is 0.178. The average Bonchev–Trinajstić information content (AvgIpc) is 3.19. The number of aliphatic hydroxyl groups excluding tert-OH is 1. The lowest BCUT2D eigenvalue weighted by molar-refractivity contribution is -0.138. The van der Waals surface area contributed by atoms with Crippen molar-refractivity contribution in [2.75, 3.05) is 6.61 Å². The monoisotopic (exact) mass is 824 g/mol. The fourth-order valence-electron chi connectivity index (χ4n) is 5.87. The maximum absolute atomic E-state index is 14.5. The first kappa shape index (κ1) is 43.7. The molecule has 6 rings (SSSR count). The topological polar surface area (TPSA) is 96.2 Å². The molecule has 308 valence electrons. The van der Waals surface area contributed by atoms with Gasteiger partial charge < -0.3 is 24.8 Å². The van der Waals surface area contributed by atoms with Crippen molar-refractivity contribution in [2.45, 2.75) is 45.3 Å². The predicted molar refractivity (Wildman–Crippen MR) is 204 cm³/mol. The van der Waals surface area contributed by atoms with Crippen LogP contribution in [-0.2, 0) is 17.1 Å². The van der Waals surface area contributed by atoms with E-state index in [9.17, 15) is 55.2 Å². The molecule has 6 nitrogen and oxygen atoms in total. The van der Waals surface area contributed by atoms with Crippen LogP contribution in [0.15, 0.2) is 121 Å². The van der Waals surface area contributed by atoms with Gasteiger partial charge in [0.05, 0.1) is 17.7 Å². The van der Waals surface area contributed by atoms with E-state index in [4.69, 9.17) is 9.47 Å². The highest BCUT2D eigenvalue weighted by atomic mass is 19.4. The number of carbonyl (C=O) groups is 1. The Balaban J connectivity index is 0.000000224. The fourth-order valence-corrected chi connectivity index (χ4v) is 5.87. The van der Waals surface area contributed by atoms with Crippen LogP contribution in [0.1, 0.15) is 52.5 Å². The van der Waals surface area contributed by atoms with Gasteiger partial charge in [-0.15, -0.1) is 0 Å². The van der Waals surface area contributed by atoms with Crippen LogP contribution >= 0.6 is 0 Å². The molecule has 6 aromatic rings. The Labute approximate surface area is 333 Å². The first-order chi connectivity index (χ1) is 27.7. The molecule has 0 aliphatic rings. The van der Waals surface area contributed by atoms with E-state index in [0.717, 1.165) is 30.3 Å². The SMILES string of the molecule is CC(=O)C(Oc1ccc(O)c(C)c1)c1cc(-c2ccc(C(F)(F)F)cc2)ccc1F.Cc1cc(OC(CO)c2cc(-c3ccc(C(F)(F)F)cc3)ccc2F)ccc1O. The Kier molecular flexibility index (Phi) is 13.4. The summed E-state index contributed by atoms with van der Waals surface area (Å²) in [4.78, 5) is 12.2. The van der Waals surface area contributed by atoms with Crippen LogP contribution in [0.3, 0.4) is 0 Å². The van der Waals surface area contributed by atoms with Gasteiger partial charge in [0.15, 0.2) is 11.9 Å². The molecule has 0 radical (unpaired) electrons. The summed E-state index contributed by atoms with van der Waals surface area (Å²) in [5, 5.41) is 28.9. The summed E-state index contributed by atoms with van der Waals surface area (Å²) in [7, 11) is 0. The summed E-state index contributed by atoms with van der Waals surface area (Å²) >= 11 is 0. The van der Waals surface area contributed by atoms with E-state index in [1.165, 1.54) is 91.9 Å². The molecule has 0 aromatic heterocycles. The summed E-state index contributed by atoms with van der Waals surface area (Å²) in [6.07, 6.45) is -11.2. The quantitative estimate of drug-likeness (QED) is 0.119. The normalized spacial score (nSPS) is 12.5. The molecule has 59 heavy (non-hydrogen) atoms. The molecular formula is C45H36F8O6. The second kappa shape index (κ2) is 18.0. The van der Waals surface area contributed by atoms with Crippen LogP contribution in [-0.4, -0.2) is 27.7 Å². The number of rotatable bonds is 10. The number of ketones is 1. The smallest absolute Gasteiger partial charge is 0.416 e. The number of aryl methyl sites for hydroxylation is 2. The molecule has 14 heteroatoms. The Hall–Kier alpha value is -6.41. The molecule has 0 saturated carbocycles. The number of hydrogen-bond acceptors (Lipinski definition) is 6. The van der Waals surface area contributed by atoms with Crippen molar-refractivity contribution >= 4 is 5.78 Å². The number of Topliss-reactive ketones (excluding diaryl/α,β-unsaturated/α-hetero) is 1. The lowest BCUT2D eigenvalue weighted by atomic mass is 9.97. The van der Waals surface area contributed by atoms with Gasteiger partial charge in [-0.3, -0.25) is 4.79 Å². The first-order valence-electron chi connectivity index (χ1n) is 17.7. The first-order valence-corrected chi connectivity index (χ1v) is 17.7. The number of aromatic hydroxyl groups is 2. The van der Waals surface area contributed by atoms with Crippen molar-refractivity contribution in [2.24, 2.45) is 0 Å². The van der Waals surface area contributed by atoms with Crippen molar-refractivity contribution in [3.63, 3.8) is 0 Å². The number of hydrogen-bond donors (Lipinski definition) is 3. The van der Waals surface area contributed by atoms with E-state index in [1.54, 1.807) is 19.9 Å². The van der Waals surface area contributed by atoms with Gasteiger partial charge in [-0.05, 0) is 139 Å². The molecule has 0 fully saturated rings. The van der Waals surface area contributed by atoms with Crippen LogP contribution < -0.4 is 9.47 Å². The van der Waals surface area contributed by atoms with Gasteiger partial charge in [-0.2, -0.15) is 26.3 Å². The zero-order valence-electron chi connectivity index (χ0n) is 31.5. The number of phenolic OH excluding ortho intramolecular Hbond substituents is 2. The second-order valence-electron chi connectivity index (χ2n) is 13.4. The van der Waals surface area contributed by atoms with Crippen LogP contribution in [0.5, 0.6) is 23.0 Å². The van der Waals surface area contributed by atoms with Crippen LogP contribution in [0.4, 0.5) is 35.1 Å². The van der Waals surface area contributed by atoms with Crippen molar-refractivity contribution < 1.29 is 64.7 Å². The lowest BCUT2D eigenvalue weighted by Gasteiger charge is -2.19. The Bertz CT molecular complexity index is 2410.